The Balaban J connectivity index is 2.67. The summed E-state index contributed by atoms with van der Waals surface area (Å²) in [7, 11) is 0. The van der Waals surface area contributed by atoms with Crippen molar-refractivity contribution in [3.8, 4) is 0 Å². The largest absolute Gasteiger partial charge is 0.480 e. The molecule has 0 unspecified atom stereocenters. The zero-order valence-corrected chi connectivity index (χ0v) is 12.9. The molecule has 21 heavy (non-hydrogen) atoms. The Morgan fingerprint density at radius 2 is 2.05 bits per heavy atom. The van der Waals surface area contributed by atoms with E-state index in [2.05, 4.69) is 26.6 Å². The number of carboxylic acids is 1. The van der Waals surface area contributed by atoms with Crippen LogP contribution in [0.3, 0.4) is 0 Å². The number of nitrogens with one attached hydrogen (secondary N) is 2. The summed E-state index contributed by atoms with van der Waals surface area (Å²) in [5.74, 6) is -1.85. The Hall–Kier alpha value is -2.09. The number of carbonyl (C=O) groups is 3. The van der Waals surface area contributed by atoms with E-state index in [-0.39, 0.29) is 12.8 Å². The molecule has 8 heteroatoms. The van der Waals surface area contributed by atoms with Crippen molar-refractivity contribution in [2.75, 3.05) is 5.32 Å². The Morgan fingerprint density at radius 3 is 2.62 bits per heavy atom. The Kier molecular flexibility index (Phi) is 6.16. The highest BCUT2D eigenvalue weighted by molar-refractivity contribution is 9.10. The molecule has 0 fully saturated rings. The van der Waals surface area contributed by atoms with Crippen molar-refractivity contribution in [2.45, 2.75) is 25.8 Å². The predicted molar refractivity (Wildman–Crippen MR) is 80.9 cm³/mol. The molecule has 1 aromatic rings. The lowest BCUT2D eigenvalue weighted by atomic mass is 10.1. The van der Waals surface area contributed by atoms with E-state index < -0.39 is 23.9 Å². The topological polar surface area (TPSA) is 122 Å². The average Bonchev–Trinajstić information content (AvgIpc) is 2.39. The number of hydrogen-bond acceptors (Lipinski definition) is 3. The lowest BCUT2D eigenvalue weighted by molar-refractivity contribution is -0.139. The Labute approximate surface area is 130 Å². The van der Waals surface area contributed by atoms with Crippen LogP contribution >= 0.6 is 15.9 Å². The molecule has 7 nitrogen and oxygen atoms in total. The van der Waals surface area contributed by atoms with Crippen molar-refractivity contribution >= 4 is 39.5 Å². The quantitative estimate of drug-likeness (QED) is 0.617. The molecule has 0 saturated heterocycles. The highest BCUT2D eigenvalue weighted by Crippen LogP contribution is 2.25. The van der Waals surface area contributed by atoms with Crippen LogP contribution in [0.25, 0.3) is 0 Å². The van der Waals surface area contributed by atoms with E-state index in [4.69, 9.17) is 10.8 Å². The van der Waals surface area contributed by atoms with Gasteiger partial charge >= 0.3 is 12.0 Å². The first-order valence-corrected chi connectivity index (χ1v) is 6.94. The fourth-order valence-electron chi connectivity index (χ4n) is 1.60. The molecule has 0 radical (unpaired) electrons. The summed E-state index contributed by atoms with van der Waals surface area (Å²) in [5.41, 5.74) is 6.41. The van der Waals surface area contributed by atoms with Crippen LogP contribution in [0.1, 0.15) is 18.4 Å². The number of aryl methyl sites for hydroxylation is 1. The molecule has 5 N–H and O–H groups in total. The molecule has 0 aromatic heterocycles. The van der Waals surface area contributed by atoms with Crippen LogP contribution in [-0.4, -0.2) is 29.1 Å². The van der Waals surface area contributed by atoms with Crippen LogP contribution in [0.4, 0.5) is 10.5 Å². The summed E-state index contributed by atoms with van der Waals surface area (Å²) in [6.07, 6.45) is -0.182. The molecule has 0 bridgehead atoms. The van der Waals surface area contributed by atoms with Crippen molar-refractivity contribution < 1.29 is 19.5 Å². The monoisotopic (exact) mass is 357 g/mol. The van der Waals surface area contributed by atoms with Crippen molar-refractivity contribution in [1.82, 2.24) is 5.32 Å². The molecule has 0 aliphatic rings. The van der Waals surface area contributed by atoms with Gasteiger partial charge < -0.3 is 21.5 Å². The molecular formula is C13H16BrN3O4. The highest BCUT2D eigenvalue weighted by atomic mass is 79.9. The maximum Gasteiger partial charge on any atom is 0.326 e. The van der Waals surface area contributed by atoms with Gasteiger partial charge in [0.1, 0.15) is 6.04 Å². The molecule has 1 atom stereocenters. The van der Waals surface area contributed by atoms with E-state index in [1.165, 1.54) is 0 Å². The van der Waals surface area contributed by atoms with Gasteiger partial charge in [-0.3, -0.25) is 4.79 Å². The SMILES string of the molecule is Cc1cccc(NC(=O)N[C@H](CCC(N)=O)C(=O)O)c1Br. The lowest BCUT2D eigenvalue weighted by Gasteiger charge is -2.15. The van der Waals surface area contributed by atoms with E-state index in [1.807, 2.05) is 13.0 Å². The number of carbonyl (C=O) groups excluding carboxylic acids is 2. The van der Waals surface area contributed by atoms with Gasteiger partial charge in [0.2, 0.25) is 5.91 Å². The third-order valence-electron chi connectivity index (χ3n) is 2.72. The number of amides is 3. The van der Waals surface area contributed by atoms with E-state index >= 15 is 0 Å². The molecule has 0 aliphatic heterocycles. The van der Waals surface area contributed by atoms with Gasteiger partial charge in [-0.2, -0.15) is 0 Å². The van der Waals surface area contributed by atoms with Crippen LogP contribution in [-0.2, 0) is 9.59 Å². The van der Waals surface area contributed by atoms with E-state index in [0.29, 0.717) is 10.2 Å². The van der Waals surface area contributed by atoms with Gasteiger partial charge in [0.25, 0.3) is 0 Å². The molecule has 0 saturated carbocycles. The van der Waals surface area contributed by atoms with E-state index in [1.54, 1.807) is 12.1 Å². The summed E-state index contributed by atoms with van der Waals surface area (Å²) in [4.78, 5) is 33.5. The number of urea groups is 1. The first-order chi connectivity index (χ1) is 9.81. The highest BCUT2D eigenvalue weighted by Gasteiger charge is 2.20. The molecule has 1 rings (SSSR count). The van der Waals surface area contributed by atoms with Crippen LogP contribution in [0.2, 0.25) is 0 Å². The van der Waals surface area contributed by atoms with Gasteiger partial charge in [-0.25, -0.2) is 9.59 Å². The number of benzene rings is 1. The predicted octanol–water partition coefficient (Wildman–Crippen LogP) is 1.60. The zero-order valence-electron chi connectivity index (χ0n) is 11.4. The molecule has 114 valence electrons. The number of aliphatic carboxylic acids is 1. The number of nitrogens with two attached hydrogens (primary N) is 1. The average molecular weight is 358 g/mol. The van der Waals surface area contributed by atoms with Crippen LogP contribution < -0.4 is 16.4 Å². The van der Waals surface area contributed by atoms with Crippen molar-refractivity contribution in [1.29, 1.82) is 0 Å². The lowest BCUT2D eigenvalue weighted by Crippen LogP contribution is -2.43. The van der Waals surface area contributed by atoms with Crippen LogP contribution in [0.5, 0.6) is 0 Å². The second kappa shape index (κ2) is 7.63. The third-order valence-corrected chi connectivity index (χ3v) is 3.78. The summed E-state index contributed by atoms with van der Waals surface area (Å²) >= 11 is 3.33. The summed E-state index contributed by atoms with van der Waals surface area (Å²) < 4.78 is 0.712. The van der Waals surface area contributed by atoms with Crippen LogP contribution in [0.15, 0.2) is 22.7 Å². The van der Waals surface area contributed by atoms with Gasteiger partial charge in [0.15, 0.2) is 0 Å². The Morgan fingerprint density at radius 1 is 1.38 bits per heavy atom. The van der Waals surface area contributed by atoms with Crippen LogP contribution in [0, 0.1) is 6.92 Å². The van der Waals surface area contributed by atoms with Gasteiger partial charge in [-0.1, -0.05) is 12.1 Å². The molecule has 1 aromatic carbocycles. The standard InChI is InChI=1S/C13H16BrN3O4/c1-7-3-2-4-8(11(7)14)16-13(21)17-9(12(19)20)5-6-10(15)18/h2-4,9H,5-6H2,1H3,(H2,15,18)(H,19,20)(H2,16,17,21)/t9-/m1/s1. The minimum Gasteiger partial charge on any atom is -0.480 e. The molecular weight excluding hydrogens is 342 g/mol. The fraction of sp³-hybridized carbons (Fsp3) is 0.308. The fourth-order valence-corrected chi connectivity index (χ4v) is 1.97. The molecule has 0 aliphatic carbocycles. The minimum absolute atomic E-state index is 0.0624. The molecule has 0 heterocycles. The third kappa shape index (κ3) is 5.42. The van der Waals surface area contributed by atoms with Gasteiger partial charge in [-0.05, 0) is 40.9 Å². The van der Waals surface area contributed by atoms with Gasteiger partial charge in [0.05, 0.1) is 5.69 Å². The number of anilines is 1. The van der Waals surface area contributed by atoms with E-state index in [9.17, 15) is 14.4 Å². The molecule has 0 spiro atoms. The summed E-state index contributed by atoms with van der Waals surface area (Å²) in [5, 5.41) is 13.8. The first kappa shape index (κ1) is 17.0. The smallest absolute Gasteiger partial charge is 0.326 e. The van der Waals surface area contributed by atoms with Crippen molar-refractivity contribution in [3.63, 3.8) is 0 Å². The number of carboxylic acid groups (broad SMARTS) is 1. The zero-order chi connectivity index (χ0) is 16.0. The van der Waals surface area contributed by atoms with Crippen molar-refractivity contribution in [3.05, 3.63) is 28.2 Å². The minimum atomic E-state index is -1.23. The van der Waals surface area contributed by atoms with Gasteiger partial charge in [0, 0.05) is 10.9 Å². The summed E-state index contributed by atoms with van der Waals surface area (Å²) in [6.45, 7) is 1.86. The van der Waals surface area contributed by atoms with E-state index in [0.717, 1.165) is 5.56 Å². The second-order valence-electron chi connectivity index (χ2n) is 4.43. The van der Waals surface area contributed by atoms with Crippen molar-refractivity contribution in [2.24, 2.45) is 5.73 Å². The van der Waals surface area contributed by atoms with Gasteiger partial charge in [-0.15, -0.1) is 0 Å². The number of halogens is 1. The number of primary amides is 1. The number of hydrogen-bond donors (Lipinski definition) is 4. The second-order valence-corrected chi connectivity index (χ2v) is 5.22. The first-order valence-electron chi connectivity index (χ1n) is 6.15. The maximum atomic E-state index is 11.8. The normalized spacial score (nSPS) is 11.5. The molecule has 3 amide bonds. The Bertz CT molecular complexity index is 562. The number of rotatable bonds is 6. The summed E-state index contributed by atoms with van der Waals surface area (Å²) in [6, 6.07) is 3.45. The maximum absolute atomic E-state index is 11.8.